The molecule has 11 nitrogen and oxygen atoms in total. The first kappa shape index (κ1) is 51.0. The molecular formula is C61H64O11. The molecule has 10 atom stereocenters. The average Bonchev–Trinajstić information content (AvgIpc) is 3.44. The molecular weight excluding hydrogens is 909 g/mol. The Hall–Kier alpha value is -5.90. The zero-order valence-electron chi connectivity index (χ0n) is 40.4. The van der Waals surface area contributed by atoms with E-state index < -0.39 is 61.4 Å². The molecule has 7 aromatic carbocycles. The number of rotatable bonds is 25. The van der Waals surface area contributed by atoms with Crippen molar-refractivity contribution in [1.82, 2.24) is 0 Å². The minimum atomic E-state index is -1.41. The molecule has 11 heteroatoms. The van der Waals surface area contributed by atoms with Crippen LogP contribution >= 0.6 is 0 Å². The van der Waals surface area contributed by atoms with Gasteiger partial charge in [0, 0.05) is 0 Å². The molecule has 0 aliphatic carbocycles. The molecule has 72 heavy (non-hydrogen) atoms. The van der Waals surface area contributed by atoms with E-state index in [2.05, 4.69) is 0 Å². The van der Waals surface area contributed by atoms with E-state index in [0.717, 1.165) is 38.9 Å². The summed E-state index contributed by atoms with van der Waals surface area (Å²) < 4.78 is 67.9. The van der Waals surface area contributed by atoms with E-state index in [1.807, 2.05) is 212 Å². The lowest BCUT2D eigenvalue weighted by Crippen LogP contribution is -2.63. The number of hydrogen-bond acceptors (Lipinski definition) is 11. The standard InChI is InChI=1S/C61H64O11/c62-60-58(68-41-50-32-18-6-19-33-50)56(66-39-48-28-14-4-15-29-48)55(65-38-47-26-12-3-13-27-47)53(71-60)44-70-61-59(69-42-51-34-20-7-21-35-51)57(67-40-49-30-16-5-17-31-49)54(64-37-46-24-10-2-11-25-46)52(72-61)43-63-36-45-22-8-1-9-23-45/h1-35,52-62H,36-44H2/t52-,53-,54-,55-,56+,57+,58-,59+,60+,61+/m1/s1. The van der Waals surface area contributed by atoms with Crippen LogP contribution in [0.3, 0.4) is 0 Å². The molecule has 2 saturated heterocycles. The topological polar surface area (TPSA) is 113 Å². The van der Waals surface area contributed by atoms with Crippen molar-refractivity contribution >= 4 is 0 Å². The molecule has 2 aliphatic rings. The third kappa shape index (κ3) is 14.8. The quantitative estimate of drug-likeness (QED) is 0.0591. The van der Waals surface area contributed by atoms with Gasteiger partial charge in [-0.1, -0.05) is 212 Å². The highest BCUT2D eigenvalue weighted by Crippen LogP contribution is 2.34. The van der Waals surface area contributed by atoms with Gasteiger partial charge < -0.3 is 52.5 Å². The summed E-state index contributed by atoms with van der Waals surface area (Å²) in [5, 5.41) is 12.0. The summed E-state index contributed by atoms with van der Waals surface area (Å²) in [6.45, 7) is 1.89. The molecule has 0 amide bonds. The Bertz CT molecular complexity index is 2550. The summed E-state index contributed by atoms with van der Waals surface area (Å²) in [6.07, 6.45) is -8.74. The van der Waals surface area contributed by atoms with Crippen LogP contribution in [-0.2, 0) is 93.6 Å². The lowest BCUT2D eigenvalue weighted by Gasteiger charge is -2.47. The fourth-order valence-corrected chi connectivity index (χ4v) is 8.97. The van der Waals surface area contributed by atoms with Gasteiger partial charge in [-0.3, -0.25) is 0 Å². The van der Waals surface area contributed by atoms with Gasteiger partial charge in [0.15, 0.2) is 12.6 Å². The van der Waals surface area contributed by atoms with Gasteiger partial charge in [0.05, 0.1) is 59.5 Å². The minimum Gasteiger partial charge on any atom is -0.374 e. The van der Waals surface area contributed by atoms with E-state index in [4.69, 9.17) is 47.4 Å². The van der Waals surface area contributed by atoms with E-state index in [9.17, 15) is 5.11 Å². The zero-order chi connectivity index (χ0) is 49.0. The number of hydrogen-bond donors (Lipinski definition) is 1. The van der Waals surface area contributed by atoms with Crippen molar-refractivity contribution in [3.8, 4) is 0 Å². The third-order valence-electron chi connectivity index (χ3n) is 12.7. The van der Waals surface area contributed by atoms with Crippen molar-refractivity contribution in [1.29, 1.82) is 0 Å². The van der Waals surface area contributed by atoms with Gasteiger partial charge >= 0.3 is 0 Å². The van der Waals surface area contributed by atoms with Crippen LogP contribution in [0.25, 0.3) is 0 Å². The van der Waals surface area contributed by atoms with Crippen molar-refractivity contribution in [3.05, 3.63) is 251 Å². The molecule has 0 bridgehead atoms. The SMILES string of the molecule is O[C@H]1O[C@H](CO[C@H]2O[C@H](COCc3ccccc3)[C@@H](OCc3ccccc3)[C@H](OCc3ccccc3)[C@@H]2OCc2ccccc2)[C@@H](OCc2ccccc2)[C@H](OCc2ccccc2)[C@H]1OCc1ccccc1. The van der Waals surface area contributed by atoms with E-state index in [1.54, 1.807) is 0 Å². The van der Waals surface area contributed by atoms with Crippen molar-refractivity contribution in [2.45, 2.75) is 108 Å². The number of benzene rings is 7. The molecule has 0 spiro atoms. The van der Waals surface area contributed by atoms with Gasteiger partial charge in [0.25, 0.3) is 0 Å². The molecule has 2 heterocycles. The Labute approximate surface area is 423 Å². The molecule has 1 N–H and O–H groups in total. The first-order valence-corrected chi connectivity index (χ1v) is 24.8. The van der Waals surface area contributed by atoms with Gasteiger partial charge in [-0.05, 0) is 38.9 Å². The highest BCUT2D eigenvalue weighted by atomic mass is 16.7. The van der Waals surface area contributed by atoms with Crippen LogP contribution in [0, 0.1) is 0 Å². The van der Waals surface area contributed by atoms with Crippen molar-refractivity contribution in [2.75, 3.05) is 13.2 Å². The van der Waals surface area contributed by atoms with Gasteiger partial charge in [0.1, 0.15) is 48.8 Å². The number of ether oxygens (including phenoxy) is 10. The normalized spacial score (nSPS) is 24.2. The maximum atomic E-state index is 12.0. The lowest BCUT2D eigenvalue weighted by atomic mass is 9.97. The third-order valence-corrected chi connectivity index (χ3v) is 12.7. The Balaban J connectivity index is 1.04. The van der Waals surface area contributed by atoms with E-state index in [1.165, 1.54) is 0 Å². The molecule has 0 radical (unpaired) electrons. The second kappa shape index (κ2) is 27.2. The van der Waals surface area contributed by atoms with Crippen LogP contribution < -0.4 is 0 Å². The summed E-state index contributed by atoms with van der Waals surface area (Å²) in [6, 6.07) is 69.7. The van der Waals surface area contributed by atoms with Crippen molar-refractivity contribution < 1.29 is 52.5 Å². The van der Waals surface area contributed by atoms with Crippen LogP contribution in [0.15, 0.2) is 212 Å². The van der Waals surface area contributed by atoms with Gasteiger partial charge in [-0.2, -0.15) is 0 Å². The number of aliphatic hydroxyl groups excluding tert-OH is 1. The first-order chi connectivity index (χ1) is 35.6. The van der Waals surface area contributed by atoms with Gasteiger partial charge in [-0.15, -0.1) is 0 Å². The lowest BCUT2D eigenvalue weighted by molar-refractivity contribution is -0.349. The van der Waals surface area contributed by atoms with Crippen LogP contribution in [0.4, 0.5) is 0 Å². The summed E-state index contributed by atoms with van der Waals surface area (Å²) in [7, 11) is 0. The Kier molecular flexibility index (Phi) is 19.3. The molecule has 0 saturated carbocycles. The largest absolute Gasteiger partial charge is 0.374 e. The summed E-state index contributed by atoms with van der Waals surface area (Å²) in [5.41, 5.74) is 6.80. The fourth-order valence-electron chi connectivity index (χ4n) is 8.97. The second-order valence-corrected chi connectivity index (χ2v) is 18.0. The minimum absolute atomic E-state index is 0.0957. The summed E-state index contributed by atoms with van der Waals surface area (Å²) in [5.74, 6) is 0. The molecule has 7 aromatic rings. The van der Waals surface area contributed by atoms with Crippen molar-refractivity contribution in [2.24, 2.45) is 0 Å². The van der Waals surface area contributed by atoms with Crippen LogP contribution in [0.1, 0.15) is 38.9 Å². The average molecular weight is 973 g/mol. The predicted octanol–water partition coefficient (Wildman–Crippen LogP) is 10.2. The van der Waals surface area contributed by atoms with E-state index in [0.29, 0.717) is 6.61 Å². The molecule has 0 unspecified atom stereocenters. The van der Waals surface area contributed by atoms with E-state index in [-0.39, 0.29) is 52.9 Å². The molecule has 9 rings (SSSR count). The Morgan fingerprint density at radius 1 is 0.278 bits per heavy atom. The summed E-state index contributed by atoms with van der Waals surface area (Å²) >= 11 is 0. The Morgan fingerprint density at radius 2 is 0.556 bits per heavy atom. The molecule has 2 fully saturated rings. The summed E-state index contributed by atoms with van der Waals surface area (Å²) in [4.78, 5) is 0. The molecule has 374 valence electrons. The van der Waals surface area contributed by atoms with Crippen LogP contribution in [0.2, 0.25) is 0 Å². The monoisotopic (exact) mass is 972 g/mol. The van der Waals surface area contributed by atoms with Crippen molar-refractivity contribution in [3.63, 3.8) is 0 Å². The smallest absolute Gasteiger partial charge is 0.187 e. The van der Waals surface area contributed by atoms with Crippen LogP contribution in [0.5, 0.6) is 0 Å². The second-order valence-electron chi connectivity index (χ2n) is 18.0. The van der Waals surface area contributed by atoms with E-state index >= 15 is 0 Å². The zero-order valence-corrected chi connectivity index (χ0v) is 40.4. The van der Waals surface area contributed by atoms with Gasteiger partial charge in [0.2, 0.25) is 0 Å². The van der Waals surface area contributed by atoms with Crippen LogP contribution in [-0.4, -0.2) is 79.7 Å². The first-order valence-electron chi connectivity index (χ1n) is 24.8. The molecule has 2 aliphatic heterocycles. The fraction of sp³-hybridized carbons (Fsp3) is 0.311. The number of aliphatic hydroxyl groups is 1. The van der Waals surface area contributed by atoms with Gasteiger partial charge in [-0.25, -0.2) is 0 Å². The molecule has 0 aromatic heterocycles. The highest BCUT2D eigenvalue weighted by molar-refractivity contribution is 5.19. The maximum absolute atomic E-state index is 12.0. The highest BCUT2D eigenvalue weighted by Gasteiger charge is 2.52. The maximum Gasteiger partial charge on any atom is 0.187 e. The predicted molar refractivity (Wildman–Crippen MR) is 272 cm³/mol. The Morgan fingerprint density at radius 3 is 0.917 bits per heavy atom.